The third kappa shape index (κ3) is 4.95. The Morgan fingerprint density at radius 1 is 1.12 bits per heavy atom. The number of halogens is 5. The number of carbonyl (C=O) groups is 3. The number of para-hydroxylation sites is 1. The second kappa shape index (κ2) is 8.81. The topological polar surface area (TPSA) is 84.9 Å². The van der Waals surface area contributed by atoms with E-state index in [1.807, 2.05) is 0 Å². The summed E-state index contributed by atoms with van der Waals surface area (Å²) >= 11 is 0. The van der Waals surface area contributed by atoms with Crippen molar-refractivity contribution in [2.75, 3.05) is 16.8 Å². The number of nitrogens with zero attached hydrogens (tertiary/aromatic N) is 1. The summed E-state index contributed by atoms with van der Waals surface area (Å²) in [4.78, 5) is 38.0. The van der Waals surface area contributed by atoms with Crippen LogP contribution in [0.2, 0.25) is 0 Å². The first-order valence-electron chi connectivity index (χ1n) is 9.04. The van der Waals surface area contributed by atoms with Crippen molar-refractivity contribution < 1.29 is 45.8 Å². The van der Waals surface area contributed by atoms with Crippen LogP contribution >= 0.6 is 0 Å². The smallest absolute Gasteiger partial charge is 0.416 e. The Kier molecular flexibility index (Phi) is 6.32. The molecule has 2 amide bonds. The monoisotopic (exact) mass is 458 g/mol. The standard InChI is InChI=1S/C20H15F5N2O5/c1-10(31-18(30)12-4-2-3-5-15(12)32-19(21)22)17(29)27-9-16(28)26-13-8-11(20(23,24)25)6-7-14(13)27/h2-8,10,19H,9H2,1H3,(H,26,28). The number of ether oxygens (including phenoxy) is 2. The van der Waals surface area contributed by atoms with Crippen LogP contribution in [0.3, 0.4) is 0 Å². The molecule has 7 nitrogen and oxygen atoms in total. The summed E-state index contributed by atoms with van der Waals surface area (Å²) in [6, 6.07) is 7.41. The highest BCUT2D eigenvalue weighted by Crippen LogP contribution is 2.37. The summed E-state index contributed by atoms with van der Waals surface area (Å²) in [6.45, 7) is -2.55. The Labute approximate surface area is 177 Å². The van der Waals surface area contributed by atoms with Gasteiger partial charge in [0.25, 0.3) is 5.91 Å². The van der Waals surface area contributed by atoms with Crippen molar-refractivity contribution in [2.24, 2.45) is 0 Å². The fourth-order valence-electron chi connectivity index (χ4n) is 2.99. The van der Waals surface area contributed by atoms with E-state index in [0.29, 0.717) is 6.07 Å². The van der Waals surface area contributed by atoms with Crippen LogP contribution in [0.5, 0.6) is 5.75 Å². The predicted octanol–water partition coefficient (Wildman–Crippen LogP) is 3.84. The van der Waals surface area contributed by atoms with E-state index in [9.17, 15) is 36.3 Å². The molecule has 0 aliphatic carbocycles. The maximum absolute atomic E-state index is 12.9. The average Bonchev–Trinajstić information content (AvgIpc) is 2.71. The van der Waals surface area contributed by atoms with E-state index in [1.54, 1.807) is 0 Å². The van der Waals surface area contributed by atoms with E-state index in [0.717, 1.165) is 29.2 Å². The van der Waals surface area contributed by atoms with Crippen LogP contribution < -0.4 is 15.0 Å². The van der Waals surface area contributed by atoms with Crippen LogP contribution in [0.1, 0.15) is 22.8 Å². The van der Waals surface area contributed by atoms with Gasteiger partial charge in [-0.15, -0.1) is 0 Å². The van der Waals surface area contributed by atoms with Crippen molar-refractivity contribution in [1.29, 1.82) is 0 Å². The molecule has 2 aromatic rings. The van der Waals surface area contributed by atoms with Gasteiger partial charge in [-0.2, -0.15) is 22.0 Å². The van der Waals surface area contributed by atoms with Gasteiger partial charge in [0.1, 0.15) is 17.9 Å². The quantitative estimate of drug-likeness (QED) is 0.544. The molecular formula is C20H15F5N2O5. The fourth-order valence-corrected chi connectivity index (χ4v) is 2.99. The van der Waals surface area contributed by atoms with Crippen molar-refractivity contribution in [3.05, 3.63) is 53.6 Å². The molecule has 1 aliphatic rings. The molecule has 1 N–H and O–H groups in total. The van der Waals surface area contributed by atoms with Crippen LogP contribution in [0.15, 0.2) is 42.5 Å². The van der Waals surface area contributed by atoms with E-state index in [4.69, 9.17) is 4.74 Å². The SMILES string of the molecule is CC(OC(=O)c1ccccc1OC(F)F)C(=O)N1CC(=O)Nc2cc(C(F)(F)F)ccc21. The highest BCUT2D eigenvalue weighted by molar-refractivity contribution is 6.11. The number of hydrogen-bond donors (Lipinski definition) is 1. The van der Waals surface area contributed by atoms with E-state index < -0.39 is 54.5 Å². The molecule has 1 aliphatic heterocycles. The second-order valence-electron chi connectivity index (χ2n) is 6.62. The summed E-state index contributed by atoms with van der Waals surface area (Å²) in [5.74, 6) is -3.26. The molecular weight excluding hydrogens is 443 g/mol. The zero-order chi connectivity index (χ0) is 23.6. The lowest BCUT2D eigenvalue weighted by Gasteiger charge is -2.31. The van der Waals surface area contributed by atoms with Gasteiger partial charge in [-0.1, -0.05) is 12.1 Å². The van der Waals surface area contributed by atoms with Gasteiger partial charge in [0, 0.05) is 0 Å². The lowest BCUT2D eigenvalue weighted by molar-refractivity contribution is -0.137. The molecule has 1 unspecified atom stereocenters. The highest BCUT2D eigenvalue weighted by atomic mass is 19.4. The molecule has 0 saturated heterocycles. The summed E-state index contributed by atoms with van der Waals surface area (Å²) in [5, 5.41) is 2.26. The van der Waals surface area contributed by atoms with Crippen molar-refractivity contribution in [3.63, 3.8) is 0 Å². The Morgan fingerprint density at radius 2 is 1.81 bits per heavy atom. The first-order chi connectivity index (χ1) is 15.0. The molecule has 3 rings (SSSR count). The van der Waals surface area contributed by atoms with E-state index in [-0.39, 0.29) is 16.9 Å². The maximum Gasteiger partial charge on any atom is 0.416 e. The largest absolute Gasteiger partial charge is 0.449 e. The van der Waals surface area contributed by atoms with Crippen molar-refractivity contribution in [2.45, 2.75) is 25.8 Å². The molecule has 0 saturated carbocycles. The van der Waals surface area contributed by atoms with Crippen LogP contribution in [-0.2, 0) is 20.5 Å². The molecule has 170 valence electrons. The normalized spacial score (nSPS) is 14.5. The van der Waals surface area contributed by atoms with E-state index in [1.165, 1.54) is 19.1 Å². The van der Waals surface area contributed by atoms with Gasteiger partial charge in [-0.25, -0.2) is 4.79 Å². The number of benzene rings is 2. The van der Waals surface area contributed by atoms with Crippen LogP contribution in [0, 0.1) is 0 Å². The maximum atomic E-state index is 12.9. The van der Waals surface area contributed by atoms with Crippen molar-refractivity contribution in [1.82, 2.24) is 0 Å². The minimum atomic E-state index is -4.66. The average molecular weight is 458 g/mol. The molecule has 2 aromatic carbocycles. The van der Waals surface area contributed by atoms with Gasteiger partial charge < -0.3 is 14.8 Å². The summed E-state index contributed by atoms with van der Waals surface area (Å²) < 4.78 is 73.2. The molecule has 0 spiro atoms. The summed E-state index contributed by atoms with van der Waals surface area (Å²) in [6.07, 6.45) is -6.16. The zero-order valence-corrected chi connectivity index (χ0v) is 16.3. The fraction of sp³-hybridized carbons (Fsp3) is 0.250. The Hall–Kier alpha value is -3.70. The van der Waals surface area contributed by atoms with Gasteiger partial charge in [0.05, 0.1) is 16.9 Å². The van der Waals surface area contributed by atoms with Crippen LogP contribution in [-0.4, -0.2) is 37.0 Å². The Balaban J connectivity index is 1.81. The van der Waals surface area contributed by atoms with E-state index in [2.05, 4.69) is 10.1 Å². The molecule has 32 heavy (non-hydrogen) atoms. The Morgan fingerprint density at radius 3 is 2.47 bits per heavy atom. The third-order valence-corrected chi connectivity index (χ3v) is 4.41. The van der Waals surface area contributed by atoms with Gasteiger partial charge in [-0.3, -0.25) is 14.5 Å². The lowest BCUT2D eigenvalue weighted by atomic mass is 10.1. The molecule has 0 fully saturated rings. The number of amides is 2. The number of carbonyl (C=O) groups excluding carboxylic acids is 3. The molecule has 0 aromatic heterocycles. The minimum absolute atomic E-state index is 0.0214. The first kappa shape index (κ1) is 23.0. The number of alkyl halides is 5. The number of nitrogens with one attached hydrogen (secondary N) is 1. The van der Waals surface area contributed by atoms with Crippen LogP contribution in [0.4, 0.5) is 33.3 Å². The molecule has 1 atom stereocenters. The molecule has 1 heterocycles. The molecule has 12 heteroatoms. The predicted molar refractivity (Wildman–Crippen MR) is 100 cm³/mol. The number of anilines is 2. The van der Waals surface area contributed by atoms with Crippen molar-refractivity contribution in [3.8, 4) is 5.75 Å². The van der Waals surface area contributed by atoms with Gasteiger partial charge >= 0.3 is 18.8 Å². The Bertz CT molecular complexity index is 1060. The highest BCUT2D eigenvalue weighted by Gasteiger charge is 2.36. The van der Waals surface area contributed by atoms with E-state index >= 15 is 0 Å². The number of esters is 1. The van der Waals surface area contributed by atoms with Crippen LogP contribution in [0.25, 0.3) is 0 Å². The second-order valence-corrected chi connectivity index (χ2v) is 6.62. The molecule has 0 radical (unpaired) electrons. The van der Waals surface area contributed by atoms with Crippen molar-refractivity contribution >= 4 is 29.2 Å². The number of fused-ring (bicyclic) bond motifs is 1. The number of rotatable bonds is 5. The zero-order valence-electron chi connectivity index (χ0n) is 16.3. The third-order valence-electron chi connectivity index (χ3n) is 4.41. The summed E-state index contributed by atoms with van der Waals surface area (Å²) in [7, 11) is 0. The molecule has 0 bridgehead atoms. The summed E-state index contributed by atoms with van der Waals surface area (Å²) in [5.41, 5.74) is -1.65. The van der Waals surface area contributed by atoms with Gasteiger partial charge in [0.2, 0.25) is 5.91 Å². The van der Waals surface area contributed by atoms with Gasteiger partial charge in [-0.05, 0) is 37.3 Å². The minimum Gasteiger partial charge on any atom is -0.449 e. The first-order valence-corrected chi connectivity index (χ1v) is 9.04. The lowest BCUT2D eigenvalue weighted by Crippen LogP contribution is -2.47. The number of hydrogen-bond acceptors (Lipinski definition) is 5. The van der Waals surface area contributed by atoms with Gasteiger partial charge in [0.15, 0.2) is 6.10 Å².